The minimum atomic E-state index is -0.462. The Hall–Kier alpha value is -1.75. The first-order valence-corrected chi connectivity index (χ1v) is 7.32. The predicted molar refractivity (Wildman–Crippen MR) is 83.8 cm³/mol. The molecule has 0 saturated carbocycles. The maximum absolute atomic E-state index is 11.4. The number of alkyl halides is 1. The number of nitrogens with zero attached hydrogens (tertiary/aromatic N) is 2. The van der Waals surface area contributed by atoms with Gasteiger partial charge in [-0.05, 0) is 26.0 Å². The topological polar surface area (TPSA) is 70.1 Å². The average Bonchev–Trinajstić information content (AvgIpc) is 2.75. The Bertz CT molecular complexity index is 664. The zero-order chi connectivity index (χ0) is 15.6. The minimum absolute atomic E-state index is 0.236. The first-order chi connectivity index (χ1) is 9.89. The van der Waals surface area contributed by atoms with Gasteiger partial charge in [0.25, 0.3) is 0 Å². The van der Waals surface area contributed by atoms with Crippen LogP contribution in [-0.2, 0) is 16.8 Å². The van der Waals surface area contributed by atoms with Gasteiger partial charge >= 0.3 is 0 Å². The van der Waals surface area contributed by atoms with Gasteiger partial charge in [0.05, 0.1) is 18.1 Å². The predicted octanol–water partition coefficient (Wildman–Crippen LogP) is 2.44. The van der Waals surface area contributed by atoms with Gasteiger partial charge in [0.15, 0.2) is 0 Å². The Labute approximate surface area is 129 Å². The number of amides is 1. The summed E-state index contributed by atoms with van der Waals surface area (Å²) >= 11 is 5.88. The number of ether oxygens (including phenoxy) is 1. The molecule has 0 bridgehead atoms. The van der Waals surface area contributed by atoms with Crippen molar-refractivity contribution in [1.82, 2.24) is 9.55 Å². The number of carbonyl (C=O) groups is 1. The van der Waals surface area contributed by atoms with Gasteiger partial charge in [-0.25, -0.2) is 4.98 Å². The monoisotopic (exact) mass is 309 g/mol. The Morgan fingerprint density at radius 1 is 1.48 bits per heavy atom. The molecule has 0 saturated heterocycles. The Morgan fingerprint density at radius 3 is 2.76 bits per heavy atom. The molecule has 2 rings (SSSR count). The molecule has 0 atom stereocenters. The lowest BCUT2D eigenvalue weighted by Gasteiger charge is -2.28. The van der Waals surface area contributed by atoms with E-state index in [4.69, 9.17) is 22.1 Å². The van der Waals surface area contributed by atoms with E-state index in [0.717, 1.165) is 22.6 Å². The molecule has 6 heteroatoms. The number of imidazole rings is 1. The van der Waals surface area contributed by atoms with Crippen LogP contribution in [0.5, 0.6) is 5.75 Å². The molecule has 2 aromatic rings. The first-order valence-electron chi connectivity index (χ1n) is 6.79. The molecule has 0 radical (unpaired) electrons. The van der Waals surface area contributed by atoms with Crippen LogP contribution in [0.3, 0.4) is 0 Å². The standard InChI is InChI=1S/C15H20ClN3O2/c1-15(2,9-13(17)20)19-12-5-4-10(21-3)8-11(12)18-14(19)6-7-16/h4-5,8H,6-7,9H2,1-3H3,(H2,17,20). The van der Waals surface area contributed by atoms with E-state index in [-0.39, 0.29) is 12.3 Å². The van der Waals surface area contributed by atoms with Crippen LogP contribution in [0.25, 0.3) is 11.0 Å². The van der Waals surface area contributed by atoms with Crippen molar-refractivity contribution < 1.29 is 9.53 Å². The molecule has 0 aliphatic rings. The number of aromatic nitrogens is 2. The van der Waals surface area contributed by atoms with Crippen molar-refractivity contribution in [1.29, 1.82) is 0 Å². The second-order valence-electron chi connectivity index (χ2n) is 5.61. The van der Waals surface area contributed by atoms with Crippen molar-refractivity contribution in [2.24, 2.45) is 5.73 Å². The summed E-state index contributed by atoms with van der Waals surface area (Å²) in [5.41, 5.74) is 6.69. The average molecular weight is 310 g/mol. The molecule has 1 amide bonds. The van der Waals surface area contributed by atoms with E-state index < -0.39 is 5.54 Å². The summed E-state index contributed by atoms with van der Waals surface area (Å²) in [6.45, 7) is 3.95. The van der Waals surface area contributed by atoms with Gasteiger partial charge in [-0.2, -0.15) is 0 Å². The number of fused-ring (bicyclic) bond motifs is 1. The third kappa shape index (κ3) is 3.13. The number of hydrogen-bond acceptors (Lipinski definition) is 3. The van der Waals surface area contributed by atoms with Crippen molar-refractivity contribution >= 4 is 28.5 Å². The summed E-state index contributed by atoms with van der Waals surface area (Å²) in [6, 6.07) is 5.71. The fraction of sp³-hybridized carbons (Fsp3) is 0.467. The normalized spacial score (nSPS) is 11.8. The molecule has 0 fully saturated rings. The summed E-state index contributed by atoms with van der Waals surface area (Å²) < 4.78 is 7.28. The van der Waals surface area contributed by atoms with Gasteiger partial charge < -0.3 is 15.0 Å². The number of carbonyl (C=O) groups excluding carboxylic acids is 1. The van der Waals surface area contributed by atoms with E-state index in [1.54, 1.807) is 7.11 Å². The Kier molecular flexibility index (Phi) is 4.42. The third-order valence-electron chi connectivity index (χ3n) is 3.46. The number of hydrogen-bond donors (Lipinski definition) is 1. The highest BCUT2D eigenvalue weighted by atomic mass is 35.5. The van der Waals surface area contributed by atoms with Crippen molar-refractivity contribution in [3.63, 3.8) is 0 Å². The number of halogens is 1. The lowest BCUT2D eigenvalue weighted by atomic mass is 9.99. The molecule has 0 unspecified atom stereocenters. The van der Waals surface area contributed by atoms with Crippen LogP contribution in [-0.4, -0.2) is 28.4 Å². The summed E-state index contributed by atoms with van der Waals surface area (Å²) in [7, 11) is 1.62. The van der Waals surface area contributed by atoms with E-state index in [0.29, 0.717) is 12.3 Å². The summed E-state index contributed by atoms with van der Waals surface area (Å²) in [5, 5.41) is 0. The molecule has 1 heterocycles. The Balaban J connectivity index is 2.63. The van der Waals surface area contributed by atoms with Crippen LogP contribution in [0.2, 0.25) is 0 Å². The quantitative estimate of drug-likeness (QED) is 0.833. The van der Waals surface area contributed by atoms with Crippen LogP contribution < -0.4 is 10.5 Å². The van der Waals surface area contributed by atoms with E-state index in [2.05, 4.69) is 9.55 Å². The summed E-state index contributed by atoms with van der Waals surface area (Å²) in [6.07, 6.45) is 0.862. The molecule has 21 heavy (non-hydrogen) atoms. The van der Waals surface area contributed by atoms with Gasteiger partial charge in [0.1, 0.15) is 11.6 Å². The lowest BCUT2D eigenvalue weighted by Crippen LogP contribution is -2.33. The number of rotatable bonds is 6. The van der Waals surface area contributed by atoms with Gasteiger partial charge in [0.2, 0.25) is 5.91 Å². The highest BCUT2D eigenvalue weighted by Gasteiger charge is 2.27. The second kappa shape index (κ2) is 5.93. The lowest BCUT2D eigenvalue weighted by molar-refractivity contribution is -0.119. The third-order valence-corrected chi connectivity index (χ3v) is 3.65. The largest absolute Gasteiger partial charge is 0.497 e. The molecule has 5 nitrogen and oxygen atoms in total. The molecule has 0 aliphatic carbocycles. The van der Waals surface area contributed by atoms with E-state index in [9.17, 15) is 4.79 Å². The smallest absolute Gasteiger partial charge is 0.219 e. The highest BCUT2D eigenvalue weighted by molar-refractivity contribution is 6.17. The molecule has 1 aromatic carbocycles. The van der Waals surface area contributed by atoms with Crippen molar-refractivity contribution in [2.45, 2.75) is 32.2 Å². The SMILES string of the molecule is COc1ccc2c(c1)nc(CCCl)n2C(C)(C)CC(N)=O. The van der Waals surface area contributed by atoms with Crippen molar-refractivity contribution in [2.75, 3.05) is 13.0 Å². The molecular weight excluding hydrogens is 290 g/mol. The number of aryl methyl sites for hydroxylation is 1. The van der Waals surface area contributed by atoms with Gasteiger partial charge in [-0.15, -0.1) is 11.6 Å². The van der Waals surface area contributed by atoms with Crippen LogP contribution >= 0.6 is 11.6 Å². The zero-order valence-corrected chi connectivity index (χ0v) is 13.3. The second-order valence-corrected chi connectivity index (χ2v) is 5.99. The van der Waals surface area contributed by atoms with Crippen LogP contribution in [0.4, 0.5) is 0 Å². The number of benzene rings is 1. The van der Waals surface area contributed by atoms with E-state index in [1.165, 1.54) is 0 Å². The molecule has 0 spiro atoms. The first kappa shape index (κ1) is 15.6. The maximum Gasteiger partial charge on any atom is 0.219 e. The number of primary amides is 1. The van der Waals surface area contributed by atoms with Gasteiger partial charge in [-0.3, -0.25) is 4.79 Å². The summed E-state index contributed by atoms with van der Waals surface area (Å²) in [4.78, 5) is 16.0. The van der Waals surface area contributed by atoms with Crippen LogP contribution in [0.1, 0.15) is 26.1 Å². The van der Waals surface area contributed by atoms with E-state index in [1.807, 2.05) is 32.0 Å². The van der Waals surface area contributed by atoms with Crippen LogP contribution in [0, 0.1) is 0 Å². The van der Waals surface area contributed by atoms with E-state index >= 15 is 0 Å². The summed E-state index contributed by atoms with van der Waals surface area (Å²) in [5.74, 6) is 1.72. The molecule has 1 aromatic heterocycles. The number of methoxy groups -OCH3 is 1. The van der Waals surface area contributed by atoms with Crippen LogP contribution in [0.15, 0.2) is 18.2 Å². The Morgan fingerprint density at radius 2 is 2.19 bits per heavy atom. The van der Waals surface area contributed by atoms with Gasteiger partial charge in [0, 0.05) is 30.3 Å². The highest BCUT2D eigenvalue weighted by Crippen LogP contribution is 2.30. The zero-order valence-electron chi connectivity index (χ0n) is 12.5. The van der Waals surface area contributed by atoms with Crippen molar-refractivity contribution in [3.05, 3.63) is 24.0 Å². The molecule has 114 valence electrons. The minimum Gasteiger partial charge on any atom is -0.497 e. The van der Waals surface area contributed by atoms with Gasteiger partial charge in [-0.1, -0.05) is 0 Å². The van der Waals surface area contributed by atoms with Crippen molar-refractivity contribution in [3.8, 4) is 5.75 Å². The maximum atomic E-state index is 11.4. The molecule has 2 N–H and O–H groups in total. The fourth-order valence-electron chi connectivity index (χ4n) is 2.67. The number of nitrogens with two attached hydrogens (primary N) is 1. The fourth-order valence-corrected chi connectivity index (χ4v) is 2.84. The molecule has 0 aliphatic heterocycles. The molecular formula is C15H20ClN3O2.